The Morgan fingerprint density at radius 1 is 1.10 bits per heavy atom. The molecule has 3 aromatic rings. The number of benzene rings is 1. The number of carbonyl (C=O) groups excluding carboxylic acids is 1. The molecule has 2 aromatic heterocycles. The summed E-state index contributed by atoms with van der Waals surface area (Å²) in [5.74, 6) is 1.60. The second-order valence-electron chi connectivity index (χ2n) is 7.76. The van der Waals surface area contributed by atoms with Crippen LogP contribution in [0.5, 0.6) is 0 Å². The van der Waals surface area contributed by atoms with E-state index in [-0.39, 0.29) is 5.91 Å². The van der Waals surface area contributed by atoms with Crippen LogP contribution in [0.1, 0.15) is 28.9 Å². The molecule has 1 aromatic carbocycles. The highest BCUT2D eigenvalue weighted by molar-refractivity contribution is 5.91. The van der Waals surface area contributed by atoms with Gasteiger partial charge in [-0.05, 0) is 44.4 Å². The Kier molecular flexibility index (Phi) is 6.27. The molecule has 1 aliphatic rings. The zero-order valence-corrected chi connectivity index (χ0v) is 18.3. The number of rotatable bonds is 6. The molecule has 0 unspecified atom stereocenters. The quantitative estimate of drug-likeness (QED) is 0.660. The monoisotopic (exact) mass is 420 g/mol. The van der Waals surface area contributed by atoms with E-state index in [1.807, 2.05) is 55.8 Å². The van der Waals surface area contributed by atoms with Gasteiger partial charge in [-0.3, -0.25) is 4.79 Å². The number of morpholine rings is 1. The van der Waals surface area contributed by atoms with Crippen LogP contribution in [-0.4, -0.2) is 52.0 Å². The van der Waals surface area contributed by atoms with Gasteiger partial charge in [0.05, 0.1) is 18.9 Å². The highest BCUT2D eigenvalue weighted by Gasteiger charge is 2.18. The molecule has 4 rings (SSSR count). The van der Waals surface area contributed by atoms with Crippen molar-refractivity contribution in [2.45, 2.75) is 33.6 Å². The number of hydrogen-bond donors (Lipinski definition) is 1. The first-order valence-electron chi connectivity index (χ1n) is 10.6. The molecular weight excluding hydrogens is 392 g/mol. The molecule has 1 fully saturated rings. The van der Waals surface area contributed by atoms with Crippen molar-refractivity contribution in [1.82, 2.24) is 19.7 Å². The Hall–Kier alpha value is -3.26. The fraction of sp³-hybridized carbons (Fsp3) is 0.391. The molecule has 1 aliphatic heterocycles. The maximum absolute atomic E-state index is 12.5. The first-order chi connectivity index (χ1) is 15.0. The highest BCUT2D eigenvalue weighted by atomic mass is 16.5. The largest absolute Gasteiger partial charge is 0.378 e. The number of aryl methyl sites for hydroxylation is 2. The zero-order valence-electron chi connectivity index (χ0n) is 18.3. The van der Waals surface area contributed by atoms with Gasteiger partial charge in [-0.25, -0.2) is 14.6 Å². The van der Waals surface area contributed by atoms with Crippen LogP contribution in [0.15, 0.2) is 36.7 Å². The molecule has 0 aliphatic carbocycles. The van der Waals surface area contributed by atoms with E-state index in [9.17, 15) is 4.79 Å². The lowest BCUT2D eigenvalue weighted by Gasteiger charge is -2.27. The van der Waals surface area contributed by atoms with E-state index >= 15 is 0 Å². The van der Waals surface area contributed by atoms with Crippen LogP contribution < -0.4 is 10.2 Å². The van der Waals surface area contributed by atoms with E-state index in [1.54, 1.807) is 6.33 Å². The van der Waals surface area contributed by atoms with Crippen molar-refractivity contribution in [3.05, 3.63) is 59.2 Å². The number of hydrogen-bond acceptors (Lipinski definition) is 6. The third-order valence-corrected chi connectivity index (χ3v) is 5.65. The summed E-state index contributed by atoms with van der Waals surface area (Å²) in [6.07, 6.45) is 2.59. The summed E-state index contributed by atoms with van der Waals surface area (Å²) in [7, 11) is 0. The van der Waals surface area contributed by atoms with Gasteiger partial charge in [0.15, 0.2) is 5.82 Å². The first-order valence-corrected chi connectivity index (χ1v) is 10.6. The van der Waals surface area contributed by atoms with Gasteiger partial charge in [0, 0.05) is 37.0 Å². The molecule has 1 saturated heterocycles. The van der Waals surface area contributed by atoms with Gasteiger partial charge >= 0.3 is 0 Å². The predicted molar refractivity (Wildman–Crippen MR) is 120 cm³/mol. The van der Waals surface area contributed by atoms with Crippen LogP contribution in [-0.2, 0) is 16.0 Å². The van der Waals surface area contributed by atoms with E-state index < -0.39 is 0 Å². The van der Waals surface area contributed by atoms with E-state index in [0.717, 1.165) is 52.9 Å². The summed E-state index contributed by atoms with van der Waals surface area (Å²) in [4.78, 5) is 23.5. The van der Waals surface area contributed by atoms with Gasteiger partial charge in [0.2, 0.25) is 5.91 Å². The lowest BCUT2D eigenvalue weighted by molar-refractivity contribution is -0.116. The fourth-order valence-electron chi connectivity index (χ4n) is 3.84. The summed E-state index contributed by atoms with van der Waals surface area (Å²) < 4.78 is 7.27. The summed E-state index contributed by atoms with van der Waals surface area (Å²) in [5.41, 5.74) is 4.89. The molecule has 8 heteroatoms. The second-order valence-corrected chi connectivity index (χ2v) is 7.76. The molecule has 8 nitrogen and oxygen atoms in total. The fourth-order valence-corrected chi connectivity index (χ4v) is 3.84. The summed E-state index contributed by atoms with van der Waals surface area (Å²) >= 11 is 0. The number of nitrogens with zero attached hydrogens (tertiary/aromatic N) is 5. The average Bonchev–Trinajstić information content (AvgIpc) is 3.08. The summed E-state index contributed by atoms with van der Waals surface area (Å²) in [6, 6.07) is 9.75. The number of ether oxygens (including phenoxy) is 1. The molecule has 0 spiro atoms. The zero-order chi connectivity index (χ0) is 21.8. The normalized spacial score (nSPS) is 14.0. The molecule has 162 valence electrons. The Morgan fingerprint density at radius 2 is 1.84 bits per heavy atom. The molecule has 1 amide bonds. The number of nitrogens with one attached hydrogen (secondary N) is 1. The van der Waals surface area contributed by atoms with Crippen molar-refractivity contribution in [2.24, 2.45) is 0 Å². The third kappa shape index (κ3) is 4.74. The van der Waals surface area contributed by atoms with Crippen LogP contribution >= 0.6 is 0 Å². The molecule has 0 radical (unpaired) electrons. The van der Waals surface area contributed by atoms with Crippen molar-refractivity contribution in [2.75, 3.05) is 36.5 Å². The first kappa shape index (κ1) is 21.0. The van der Waals surface area contributed by atoms with Gasteiger partial charge in [-0.1, -0.05) is 18.2 Å². The molecule has 3 heterocycles. The topological polar surface area (TPSA) is 85.2 Å². The van der Waals surface area contributed by atoms with Crippen molar-refractivity contribution in [3.63, 3.8) is 0 Å². The Balaban J connectivity index is 1.47. The van der Waals surface area contributed by atoms with Gasteiger partial charge in [0.25, 0.3) is 0 Å². The van der Waals surface area contributed by atoms with Gasteiger partial charge in [0.1, 0.15) is 12.1 Å². The SMILES string of the molecule is Cc1ccccc1NC(=O)CCc1c(C)nn(-c2cc(N3CCOCC3)ncn2)c1C. The molecule has 0 bridgehead atoms. The summed E-state index contributed by atoms with van der Waals surface area (Å²) in [6.45, 7) is 9.01. The predicted octanol–water partition coefficient (Wildman–Crippen LogP) is 3.00. The van der Waals surface area contributed by atoms with Crippen LogP contribution in [0, 0.1) is 20.8 Å². The number of para-hydroxylation sites is 1. The molecule has 0 saturated carbocycles. The molecule has 1 N–H and O–H groups in total. The smallest absolute Gasteiger partial charge is 0.224 e. The Morgan fingerprint density at radius 3 is 2.61 bits per heavy atom. The highest BCUT2D eigenvalue weighted by Crippen LogP contribution is 2.21. The molecule has 0 atom stereocenters. The molecule has 31 heavy (non-hydrogen) atoms. The van der Waals surface area contributed by atoms with Gasteiger partial charge in [-0.15, -0.1) is 0 Å². The third-order valence-electron chi connectivity index (χ3n) is 5.65. The van der Waals surface area contributed by atoms with E-state index in [1.165, 1.54) is 0 Å². The van der Waals surface area contributed by atoms with Gasteiger partial charge in [-0.2, -0.15) is 5.10 Å². The summed E-state index contributed by atoms with van der Waals surface area (Å²) in [5, 5.41) is 7.69. The lowest BCUT2D eigenvalue weighted by Crippen LogP contribution is -2.36. The van der Waals surface area contributed by atoms with Crippen molar-refractivity contribution in [3.8, 4) is 5.82 Å². The van der Waals surface area contributed by atoms with Crippen LogP contribution in [0.25, 0.3) is 5.82 Å². The Labute approximate surface area is 182 Å². The molecular formula is C23H28N6O2. The van der Waals surface area contributed by atoms with Crippen molar-refractivity contribution >= 4 is 17.4 Å². The second kappa shape index (κ2) is 9.26. The number of anilines is 2. The number of aromatic nitrogens is 4. The van der Waals surface area contributed by atoms with Crippen LogP contribution in [0.4, 0.5) is 11.5 Å². The van der Waals surface area contributed by atoms with E-state index in [4.69, 9.17) is 9.84 Å². The van der Waals surface area contributed by atoms with E-state index in [0.29, 0.717) is 26.1 Å². The van der Waals surface area contributed by atoms with Crippen LogP contribution in [0.3, 0.4) is 0 Å². The maximum atomic E-state index is 12.5. The minimum absolute atomic E-state index is 0.00232. The number of amides is 1. The van der Waals surface area contributed by atoms with E-state index in [2.05, 4.69) is 20.2 Å². The lowest BCUT2D eigenvalue weighted by atomic mass is 10.1. The minimum Gasteiger partial charge on any atom is -0.378 e. The minimum atomic E-state index is -0.00232. The maximum Gasteiger partial charge on any atom is 0.224 e. The standard InChI is InChI=1S/C23H28N6O2/c1-16-6-4-5-7-20(16)26-23(30)9-8-19-17(2)27-29(18(19)3)22-14-21(24-15-25-22)28-10-12-31-13-11-28/h4-7,14-15H,8-13H2,1-3H3,(H,26,30). The van der Waals surface area contributed by atoms with Crippen molar-refractivity contribution in [1.29, 1.82) is 0 Å². The van der Waals surface area contributed by atoms with Gasteiger partial charge < -0.3 is 15.0 Å². The average molecular weight is 421 g/mol. The number of carbonyl (C=O) groups is 1. The van der Waals surface area contributed by atoms with Crippen molar-refractivity contribution < 1.29 is 9.53 Å². The Bertz CT molecular complexity index is 1070. The van der Waals surface area contributed by atoms with Crippen LogP contribution in [0.2, 0.25) is 0 Å².